The minimum Gasteiger partial charge on any atom is -0.746 e. The third kappa shape index (κ3) is 5.43. The first-order chi connectivity index (χ1) is 12.5. The van der Waals surface area contributed by atoms with E-state index in [1.54, 1.807) is 0 Å². The van der Waals surface area contributed by atoms with E-state index in [1.807, 2.05) is 0 Å². The molecule has 5 unspecified atom stereocenters. The molecule has 0 spiro atoms. The fourth-order valence-corrected chi connectivity index (χ4v) is 2.10. The van der Waals surface area contributed by atoms with Crippen LogP contribution in [0.1, 0.15) is 0 Å². The Kier molecular flexibility index (Phi) is 10.4. The second-order valence-electron chi connectivity index (χ2n) is 5.27. The van der Waals surface area contributed by atoms with Crippen molar-refractivity contribution in [3.8, 4) is 0 Å². The minimum atomic E-state index is -7.96. The molecule has 0 rings (SSSR count). The van der Waals surface area contributed by atoms with Gasteiger partial charge in [-0.2, -0.15) is 35.1 Å². The fraction of sp³-hybridized carbons (Fsp3) is 1.00. The molecule has 0 aliphatic heterocycles. The van der Waals surface area contributed by atoms with Gasteiger partial charge in [-0.1, -0.05) is 0 Å². The maximum absolute atomic E-state index is 13.3. The van der Waals surface area contributed by atoms with Gasteiger partial charge in [0.15, 0.2) is 18.5 Å². The summed E-state index contributed by atoms with van der Waals surface area (Å²) >= 11 is 0. The van der Waals surface area contributed by atoms with Gasteiger partial charge in [0, 0.05) is 0 Å². The summed E-state index contributed by atoms with van der Waals surface area (Å²) in [5, 5.41) is 0. The van der Waals surface area contributed by atoms with Crippen molar-refractivity contribution in [2.24, 2.45) is 0 Å². The summed E-state index contributed by atoms with van der Waals surface area (Å²) in [6.07, 6.45) is -24.4. The number of rotatable bonds is 10. The zero-order chi connectivity index (χ0) is 24.0. The summed E-state index contributed by atoms with van der Waals surface area (Å²) in [6, 6.07) is 0. The summed E-state index contributed by atoms with van der Waals surface area (Å²) in [4.78, 5) is 0. The van der Waals surface area contributed by atoms with Crippen LogP contribution < -0.4 is 29.6 Å². The van der Waals surface area contributed by atoms with Crippen LogP contribution in [0.5, 0.6) is 0 Å². The van der Waals surface area contributed by atoms with Crippen molar-refractivity contribution in [1.29, 1.82) is 0 Å². The van der Waals surface area contributed by atoms with E-state index in [1.165, 1.54) is 0 Å². The van der Waals surface area contributed by atoms with Crippen molar-refractivity contribution in [2.45, 2.75) is 60.3 Å². The van der Waals surface area contributed by atoms with Gasteiger partial charge in [0.05, 0.1) is 0 Å². The van der Waals surface area contributed by atoms with Crippen LogP contribution in [0.25, 0.3) is 0 Å². The van der Waals surface area contributed by atoms with Gasteiger partial charge in [-0.3, -0.25) is 0 Å². The normalized spacial score (nSPS) is 19.6. The quantitative estimate of drug-likeness (QED) is 0.249. The first-order valence-corrected chi connectivity index (χ1v) is 7.91. The molecule has 0 fully saturated rings. The second kappa shape index (κ2) is 9.78. The summed E-state index contributed by atoms with van der Waals surface area (Å²) in [7, 11) is -7.21. The van der Waals surface area contributed by atoms with Crippen molar-refractivity contribution < 1.29 is 108 Å². The van der Waals surface area contributed by atoms with Crippen LogP contribution in [-0.2, 0) is 10.1 Å². The standard InChI is InChI=1S/C10H7F15O3S.Na/c11-1(3(13)5(15)16)2(12)4(14)7(18,19)9(22,23)10(24,25)8(20,21)6(17)29(26,27)28;/h1-6H,(H,26,27,28);/q;+1/p-1. The molecule has 0 amide bonds. The molecule has 0 aromatic heterocycles. The Morgan fingerprint density at radius 3 is 1.23 bits per heavy atom. The Labute approximate surface area is 179 Å². The first-order valence-electron chi connectivity index (χ1n) is 6.44. The summed E-state index contributed by atoms with van der Waals surface area (Å²) in [6.45, 7) is 0. The van der Waals surface area contributed by atoms with Crippen molar-refractivity contribution in [2.75, 3.05) is 0 Å². The fourth-order valence-electron chi connectivity index (χ4n) is 1.59. The SMILES string of the molecule is O=S(=O)([O-])C(F)C(F)(F)C(F)(F)C(F)(F)C(F)(F)C(F)C(F)C(F)C(F)C(F)F.[Na+]. The van der Waals surface area contributed by atoms with E-state index < -0.39 is 70.4 Å². The molecular weight excluding hydrogens is 508 g/mol. The molecule has 0 aromatic rings. The number of halogens is 15. The Hall–Kier alpha value is -0.140. The van der Waals surface area contributed by atoms with Gasteiger partial charge >= 0.3 is 53.2 Å². The van der Waals surface area contributed by atoms with Crippen LogP contribution in [0.4, 0.5) is 65.9 Å². The molecular formula is C10H6F15NaO3S. The molecule has 0 heterocycles. The van der Waals surface area contributed by atoms with Crippen LogP contribution in [0.15, 0.2) is 0 Å². The molecule has 0 saturated carbocycles. The molecule has 176 valence electrons. The van der Waals surface area contributed by atoms with Crippen LogP contribution >= 0.6 is 0 Å². The van der Waals surface area contributed by atoms with Crippen molar-refractivity contribution in [3.05, 3.63) is 0 Å². The third-order valence-corrected chi connectivity index (χ3v) is 4.05. The molecule has 0 aliphatic rings. The number of hydrogen-bond acceptors (Lipinski definition) is 3. The van der Waals surface area contributed by atoms with Crippen molar-refractivity contribution in [1.82, 2.24) is 0 Å². The van der Waals surface area contributed by atoms with E-state index in [-0.39, 0.29) is 29.6 Å². The topological polar surface area (TPSA) is 57.2 Å². The minimum absolute atomic E-state index is 0. The number of hydrogen-bond donors (Lipinski definition) is 0. The summed E-state index contributed by atoms with van der Waals surface area (Å²) in [5.41, 5.74) is -5.80. The van der Waals surface area contributed by atoms with Crippen molar-refractivity contribution in [3.63, 3.8) is 0 Å². The van der Waals surface area contributed by atoms with Crippen LogP contribution in [0.2, 0.25) is 0 Å². The van der Waals surface area contributed by atoms with Gasteiger partial charge < -0.3 is 4.55 Å². The van der Waals surface area contributed by atoms with E-state index in [4.69, 9.17) is 0 Å². The maximum Gasteiger partial charge on any atom is 1.00 e. The van der Waals surface area contributed by atoms with Crippen LogP contribution in [0, 0.1) is 0 Å². The molecule has 0 saturated heterocycles. The Morgan fingerprint density at radius 1 is 0.600 bits per heavy atom. The largest absolute Gasteiger partial charge is 1.00 e. The molecule has 30 heavy (non-hydrogen) atoms. The zero-order valence-electron chi connectivity index (χ0n) is 13.8. The summed E-state index contributed by atoms with van der Waals surface area (Å²) < 4.78 is 223. The smallest absolute Gasteiger partial charge is 0.746 e. The van der Waals surface area contributed by atoms with E-state index in [0.29, 0.717) is 0 Å². The molecule has 0 aliphatic carbocycles. The maximum atomic E-state index is 13.3. The average Bonchev–Trinajstić information content (AvgIpc) is 2.56. The predicted molar refractivity (Wildman–Crippen MR) is 60.0 cm³/mol. The van der Waals surface area contributed by atoms with E-state index in [9.17, 15) is 78.8 Å². The monoisotopic (exact) mass is 514 g/mol. The van der Waals surface area contributed by atoms with Gasteiger partial charge in [-0.25, -0.2) is 39.2 Å². The first kappa shape index (κ1) is 32.0. The molecule has 0 bridgehead atoms. The molecule has 5 atom stereocenters. The number of alkyl halides is 15. The second-order valence-corrected chi connectivity index (χ2v) is 6.67. The van der Waals surface area contributed by atoms with Gasteiger partial charge in [-0.05, 0) is 0 Å². The van der Waals surface area contributed by atoms with Crippen LogP contribution in [0.3, 0.4) is 0 Å². The van der Waals surface area contributed by atoms with Crippen molar-refractivity contribution >= 4 is 10.1 Å². The molecule has 0 N–H and O–H groups in total. The molecule has 0 aromatic carbocycles. The molecule has 3 nitrogen and oxygen atoms in total. The van der Waals surface area contributed by atoms with Gasteiger partial charge in [-0.15, -0.1) is 0 Å². The molecule has 20 heteroatoms. The van der Waals surface area contributed by atoms with E-state index >= 15 is 0 Å². The van der Waals surface area contributed by atoms with E-state index in [2.05, 4.69) is 0 Å². The third-order valence-electron chi connectivity index (χ3n) is 3.25. The van der Waals surface area contributed by atoms with E-state index in [0.717, 1.165) is 0 Å². The van der Waals surface area contributed by atoms with Crippen LogP contribution in [-0.4, -0.2) is 73.3 Å². The zero-order valence-corrected chi connectivity index (χ0v) is 16.6. The average molecular weight is 514 g/mol. The van der Waals surface area contributed by atoms with Gasteiger partial charge in [0.2, 0.25) is 6.17 Å². The Bertz CT molecular complexity index is 672. The Balaban J connectivity index is 0. The van der Waals surface area contributed by atoms with Gasteiger partial charge in [0.25, 0.3) is 11.9 Å². The van der Waals surface area contributed by atoms with Gasteiger partial charge in [0.1, 0.15) is 10.1 Å². The predicted octanol–water partition coefficient (Wildman–Crippen LogP) is 0.990. The molecule has 0 radical (unpaired) electrons. The Morgan fingerprint density at radius 2 is 0.933 bits per heavy atom. The summed E-state index contributed by atoms with van der Waals surface area (Å²) in [5.74, 6) is -30.9.